The molecule has 20 heavy (non-hydrogen) atoms. The minimum Gasteiger partial charge on any atom is -0.351 e. The maximum atomic E-state index is 12.6. The zero-order chi connectivity index (χ0) is 14.9. The average molecular weight is 272 g/mol. The minimum atomic E-state index is -0.208. The summed E-state index contributed by atoms with van der Waals surface area (Å²) in [5.41, 5.74) is 1.35. The van der Waals surface area contributed by atoms with E-state index in [-0.39, 0.29) is 17.5 Å². The first-order chi connectivity index (χ1) is 9.45. The number of carbonyl (C=O) groups is 1. The summed E-state index contributed by atoms with van der Waals surface area (Å²) in [6, 6.07) is 7.44. The molecule has 0 atom stereocenters. The molecular formula is C16H20N2O2. The van der Waals surface area contributed by atoms with Gasteiger partial charge in [0.05, 0.1) is 0 Å². The molecule has 0 bridgehead atoms. The van der Waals surface area contributed by atoms with Crippen molar-refractivity contribution >= 4 is 16.7 Å². The Morgan fingerprint density at radius 2 is 2.00 bits per heavy atom. The second-order valence-corrected chi connectivity index (χ2v) is 5.25. The number of benzene rings is 1. The highest BCUT2D eigenvalue weighted by Gasteiger charge is 2.16. The van der Waals surface area contributed by atoms with Crippen LogP contribution in [0.25, 0.3) is 10.8 Å². The number of hydrogen-bond acceptors (Lipinski definition) is 2. The fourth-order valence-electron chi connectivity index (χ4n) is 2.38. The number of hydrogen-bond donors (Lipinski definition) is 1. The Kier molecular flexibility index (Phi) is 3.93. The van der Waals surface area contributed by atoms with E-state index in [9.17, 15) is 9.59 Å². The molecule has 0 radical (unpaired) electrons. The van der Waals surface area contributed by atoms with Crippen molar-refractivity contribution in [2.24, 2.45) is 0 Å². The summed E-state index contributed by atoms with van der Waals surface area (Å²) >= 11 is 0. The van der Waals surface area contributed by atoms with Crippen molar-refractivity contribution in [2.45, 2.75) is 33.7 Å². The minimum absolute atomic E-state index is 0.0648. The molecule has 0 aliphatic rings. The number of aryl methyl sites for hydroxylation is 1. The standard InChI is InChI=1S/C16H20N2O2/c1-5-17-15(19)14-9-12-7-6-11(4)8-13(12)16(20)18(14)10(2)3/h6-10H,5H2,1-4H3,(H,17,19). The van der Waals surface area contributed by atoms with Gasteiger partial charge in [-0.15, -0.1) is 0 Å². The molecule has 0 unspecified atom stereocenters. The molecule has 1 aromatic heterocycles. The van der Waals surface area contributed by atoms with Crippen LogP contribution < -0.4 is 10.9 Å². The smallest absolute Gasteiger partial charge is 0.268 e. The average Bonchev–Trinajstić information content (AvgIpc) is 2.39. The topological polar surface area (TPSA) is 51.1 Å². The molecule has 2 aromatic rings. The summed E-state index contributed by atoms with van der Waals surface area (Å²) in [7, 11) is 0. The van der Waals surface area contributed by atoms with Crippen LogP contribution in [0.5, 0.6) is 0 Å². The second kappa shape index (κ2) is 5.49. The van der Waals surface area contributed by atoms with Gasteiger partial charge in [-0.3, -0.25) is 9.59 Å². The normalized spacial score (nSPS) is 11.1. The van der Waals surface area contributed by atoms with E-state index in [1.807, 2.05) is 45.9 Å². The highest BCUT2D eigenvalue weighted by Crippen LogP contribution is 2.17. The van der Waals surface area contributed by atoms with Gasteiger partial charge in [0.15, 0.2) is 0 Å². The molecule has 1 heterocycles. The van der Waals surface area contributed by atoms with Crippen molar-refractivity contribution in [3.63, 3.8) is 0 Å². The molecular weight excluding hydrogens is 252 g/mol. The van der Waals surface area contributed by atoms with Crippen molar-refractivity contribution in [1.29, 1.82) is 0 Å². The number of amides is 1. The number of rotatable bonds is 3. The Hall–Kier alpha value is -2.10. The highest BCUT2D eigenvalue weighted by molar-refractivity contribution is 5.96. The third kappa shape index (κ3) is 2.46. The molecule has 4 nitrogen and oxygen atoms in total. The number of nitrogens with one attached hydrogen (secondary N) is 1. The van der Waals surface area contributed by atoms with Crippen LogP contribution in [0.1, 0.15) is 42.9 Å². The van der Waals surface area contributed by atoms with Gasteiger partial charge >= 0.3 is 0 Å². The largest absolute Gasteiger partial charge is 0.351 e. The molecule has 1 amide bonds. The predicted octanol–water partition coefficient (Wildman–Crippen LogP) is 2.64. The quantitative estimate of drug-likeness (QED) is 0.933. The first kappa shape index (κ1) is 14.3. The van der Waals surface area contributed by atoms with Crippen LogP contribution in [0.4, 0.5) is 0 Å². The summed E-state index contributed by atoms with van der Waals surface area (Å²) in [5.74, 6) is -0.208. The fourth-order valence-corrected chi connectivity index (χ4v) is 2.38. The molecule has 1 aromatic carbocycles. The summed E-state index contributed by atoms with van der Waals surface area (Å²) in [6.07, 6.45) is 0. The first-order valence-electron chi connectivity index (χ1n) is 6.89. The van der Waals surface area contributed by atoms with Gasteiger partial charge in [-0.1, -0.05) is 17.7 Å². The Morgan fingerprint density at radius 1 is 1.30 bits per heavy atom. The number of aromatic nitrogens is 1. The first-order valence-corrected chi connectivity index (χ1v) is 6.89. The van der Waals surface area contributed by atoms with E-state index >= 15 is 0 Å². The fraction of sp³-hybridized carbons (Fsp3) is 0.375. The molecule has 0 saturated carbocycles. The Labute approximate surface area is 118 Å². The monoisotopic (exact) mass is 272 g/mol. The molecule has 106 valence electrons. The molecule has 0 fully saturated rings. The van der Waals surface area contributed by atoms with Gasteiger partial charge in [0.1, 0.15) is 5.69 Å². The summed E-state index contributed by atoms with van der Waals surface area (Å²) in [6.45, 7) is 8.17. The zero-order valence-corrected chi connectivity index (χ0v) is 12.4. The molecule has 4 heteroatoms. The van der Waals surface area contributed by atoms with Crippen LogP contribution in [-0.2, 0) is 0 Å². The maximum Gasteiger partial charge on any atom is 0.268 e. The number of pyridine rings is 1. The van der Waals surface area contributed by atoms with Crippen molar-refractivity contribution in [2.75, 3.05) is 6.54 Å². The SMILES string of the molecule is CCNC(=O)c1cc2ccc(C)cc2c(=O)n1C(C)C. The third-order valence-corrected chi connectivity index (χ3v) is 3.30. The van der Waals surface area contributed by atoms with Gasteiger partial charge in [0.2, 0.25) is 0 Å². The third-order valence-electron chi connectivity index (χ3n) is 3.30. The van der Waals surface area contributed by atoms with Gasteiger partial charge in [-0.25, -0.2) is 0 Å². The molecule has 0 spiro atoms. The van der Waals surface area contributed by atoms with Gasteiger partial charge in [0, 0.05) is 18.0 Å². The van der Waals surface area contributed by atoms with Crippen LogP contribution in [0, 0.1) is 6.92 Å². The molecule has 0 aliphatic carbocycles. The van der Waals surface area contributed by atoms with E-state index in [0.29, 0.717) is 17.6 Å². The van der Waals surface area contributed by atoms with Gasteiger partial charge in [-0.05, 0) is 45.2 Å². The number of carbonyl (C=O) groups excluding carboxylic acids is 1. The summed E-state index contributed by atoms with van der Waals surface area (Å²) < 4.78 is 1.56. The second-order valence-electron chi connectivity index (χ2n) is 5.25. The van der Waals surface area contributed by atoms with Crippen LogP contribution >= 0.6 is 0 Å². The lowest BCUT2D eigenvalue weighted by Gasteiger charge is -2.17. The van der Waals surface area contributed by atoms with Gasteiger partial charge in [-0.2, -0.15) is 0 Å². The Bertz CT molecular complexity index is 714. The molecule has 1 N–H and O–H groups in total. The van der Waals surface area contributed by atoms with Crippen molar-refractivity contribution in [1.82, 2.24) is 9.88 Å². The summed E-state index contributed by atoms with van der Waals surface area (Å²) in [4.78, 5) is 24.8. The van der Waals surface area contributed by atoms with E-state index < -0.39 is 0 Å². The van der Waals surface area contributed by atoms with Crippen LogP contribution in [0.2, 0.25) is 0 Å². The number of fused-ring (bicyclic) bond motifs is 1. The summed E-state index contributed by atoms with van der Waals surface area (Å²) in [5, 5.41) is 4.23. The lowest BCUT2D eigenvalue weighted by molar-refractivity contribution is 0.0944. The van der Waals surface area contributed by atoms with Gasteiger partial charge < -0.3 is 9.88 Å². The van der Waals surface area contributed by atoms with E-state index in [1.165, 1.54) is 0 Å². The van der Waals surface area contributed by atoms with E-state index in [0.717, 1.165) is 10.9 Å². The maximum absolute atomic E-state index is 12.6. The van der Waals surface area contributed by atoms with Crippen LogP contribution in [-0.4, -0.2) is 17.0 Å². The van der Waals surface area contributed by atoms with E-state index in [1.54, 1.807) is 10.6 Å². The Morgan fingerprint density at radius 3 is 2.60 bits per heavy atom. The van der Waals surface area contributed by atoms with Crippen LogP contribution in [0.3, 0.4) is 0 Å². The lowest BCUT2D eigenvalue weighted by Crippen LogP contribution is -2.33. The Balaban J connectivity index is 2.80. The molecule has 0 saturated heterocycles. The highest BCUT2D eigenvalue weighted by atomic mass is 16.2. The zero-order valence-electron chi connectivity index (χ0n) is 12.4. The van der Waals surface area contributed by atoms with E-state index in [4.69, 9.17) is 0 Å². The van der Waals surface area contributed by atoms with Crippen LogP contribution in [0.15, 0.2) is 29.1 Å². The van der Waals surface area contributed by atoms with Crippen molar-refractivity contribution in [3.8, 4) is 0 Å². The molecule has 2 rings (SSSR count). The predicted molar refractivity (Wildman–Crippen MR) is 81.3 cm³/mol. The van der Waals surface area contributed by atoms with Gasteiger partial charge in [0.25, 0.3) is 11.5 Å². The number of nitrogens with zero attached hydrogens (tertiary/aromatic N) is 1. The van der Waals surface area contributed by atoms with E-state index in [2.05, 4.69) is 5.32 Å². The molecule has 0 aliphatic heterocycles. The van der Waals surface area contributed by atoms with Crippen molar-refractivity contribution in [3.05, 3.63) is 45.9 Å². The lowest BCUT2D eigenvalue weighted by atomic mass is 10.1. The van der Waals surface area contributed by atoms with Crippen molar-refractivity contribution < 1.29 is 4.79 Å².